The molecule has 4 N–H and O–H groups in total. The Morgan fingerprint density at radius 1 is 0.951 bits per heavy atom. The molecule has 18 atom stereocenters. The summed E-state index contributed by atoms with van der Waals surface area (Å²) in [7, 11) is 8.55. The van der Waals surface area contributed by atoms with E-state index in [1.807, 2.05) is 51.7 Å². The Labute approximate surface area is 363 Å². The quantitative estimate of drug-likeness (QED) is 0.247. The molecule has 0 aromatic heterocycles. The van der Waals surface area contributed by atoms with Crippen LogP contribution in [0.25, 0.3) is 0 Å². The van der Waals surface area contributed by atoms with Crippen LogP contribution < -0.4 is 9.47 Å². The maximum atomic E-state index is 15.0. The van der Waals surface area contributed by atoms with E-state index in [1.165, 1.54) is 33.3 Å². The smallest absolute Gasteiger partial charge is 0.311 e. The zero-order valence-electron chi connectivity index (χ0n) is 39.2. The lowest BCUT2D eigenvalue weighted by atomic mass is 9.77. The number of hydrogen-bond donors (Lipinski definition) is 4. The van der Waals surface area contributed by atoms with Crippen LogP contribution in [0.5, 0.6) is 11.5 Å². The standard InChI is InChI=1S/C45H77FN2O13/c1-16-34-45(10,53)38(49)28(6)48(13)23-24(2)21-43(8,52)40(26(4)36(27(5)41(51)59-34)60-35-22-44(9,55-15)39(50)29(7)57-35)61-42-37(32(47(11)12)19-25(3)56-42)58-30-17-18-33(54-14)31(46)20-30/h17-18,20,24-29,32,34-40,42,49-50,52-53H,16,19,21-23H2,1-15H3/t24?,25-,26?,27?,28?,29+,32+,34?,35+,36?,37-,38?,39+,40?,42+,43?,44-,45?/m1/s1. The first-order valence-electron chi connectivity index (χ1n) is 21.9. The second-order valence-corrected chi connectivity index (χ2v) is 19.1. The molecule has 3 aliphatic heterocycles. The van der Waals surface area contributed by atoms with E-state index in [0.29, 0.717) is 13.0 Å². The fraction of sp³-hybridized carbons (Fsp3) is 0.844. The van der Waals surface area contributed by atoms with Gasteiger partial charge >= 0.3 is 5.97 Å². The summed E-state index contributed by atoms with van der Waals surface area (Å²) in [5.41, 5.74) is -4.52. The van der Waals surface area contributed by atoms with E-state index in [2.05, 4.69) is 0 Å². The topological polar surface area (TPSA) is 178 Å². The summed E-state index contributed by atoms with van der Waals surface area (Å²) in [6, 6.07) is 3.48. The van der Waals surface area contributed by atoms with Crippen molar-refractivity contribution in [3.8, 4) is 11.5 Å². The number of hydrogen-bond acceptors (Lipinski definition) is 15. The second kappa shape index (κ2) is 20.7. The van der Waals surface area contributed by atoms with E-state index in [9.17, 15) is 25.2 Å². The van der Waals surface area contributed by atoms with Gasteiger partial charge in [-0.15, -0.1) is 0 Å². The highest BCUT2D eigenvalue weighted by atomic mass is 19.1. The number of cyclic esters (lactones) is 1. The molecule has 0 aliphatic carbocycles. The Hall–Kier alpha value is -2.22. The fourth-order valence-electron chi connectivity index (χ4n) is 9.73. The minimum Gasteiger partial charge on any atom is -0.494 e. The monoisotopic (exact) mass is 873 g/mol. The largest absolute Gasteiger partial charge is 0.494 e. The van der Waals surface area contributed by atoms with Crippen molar-refractivity contribution in [1.82, 2.24) is 9.80 Å². The lowest BCUT2D eigenvalue weighted by Gasteiger charge is -2.49. The minimum atomic E-state index is -1.83. The predicted octanol–water partition coefficient (Wildman–Crippen LogP) is 4.14. The number of aliphatic hydroxyl groups excluding tert-OH is 2. The number of ether oxygens (including phenoxy) is 8. The number of nitrogens with zero attached hydrogens (tertiary/aromatic N) is 2. The highest BCUT2D eigenvalue weighted by molar-refractivity contribution is 5.73. The summed E-state index contributed by atoms with van der Waals surface area (Å²) >= 11 is 0. The van der Waals surface area contributed by atoms with Gasteiger partial charge in [-0.2, -0.15) is 0 Å². The van der Waals surface area contributed by atoms with E-state index >= 15 is 4.39 Å². The highest BCUT2D eigenvalue weighted by Crippen LogP contribution is 2.41. The first kappa shape index (κ1) is 51.4. The molecule has 4 rings (SSSR count). The van der Waals surface area contributed by atoms with Crippen LogP contribution in [0.4, 0.5) is 4.39 Å². The van der Waals surface area contributed by atoms with Crippen LogP contribution in [0, 0.1) is 23.6 Å². The number of esters is 1. The molecule has 1 aromatic carbocycles. The third-order valence-corrected chi connectivity index (χ3v) is 13.6. The SMILES string of the molecule is CCC1OC(=O)C(C)C(O[C@H]2C[C@@](C)(OC)[C@@H](O)[C@H](C)O2)C(C)C(O[C@@H]2O[C@H](C)C[C@H](N(C)C)[C@H]2Oc2ccc(OC)c(F)c2)C(C)(O)CC(C)CN(C)C(C)C(O)C1(C)O. The van der Waals surface area contributed by atoms with Crippen LogP contribution in [0.3, 0.4) is 0 Å². The van der Waals surface area contributed by atoms with E-state index in [1.54, 1.807) is 47.6 Å². The summed E-state index contributed by atoms with van der Waals surface area (Å²) < 4.78 is 65.3. The third-order valence-electron chi connectivity index (χ3n) is 13.6. The van der Waals surface area contributed by atoms with Crippen molar-refractivity contribution >= 4 is 5.97 Å². The van der Waals surface area contributed by atoms with Gasteiger partial charge in [0.15, 0.2) is 30.3 Å². The minimum absolute atomic E-state index is 0.0611. The maximum absolute atomic E-state index is 15.0. The van der Waals surface area contributed by atoms with Gasteiger partial charge in [0.1, 0.15) is 29.7 Å². The molecule has 0 radical (unpaired) electrons. The Morgan fingerprint density at radius 2 is 1.61 bits per heavy atom. The van der Waals surface area contributed by atoms with Gasteiger partial charge in [-0.3, -0.25) is 4.79 Å². The Balaban J connectivity index is 1.88. The van der Waals surface area contributed by atoms with Crippen LogP contribution in [0.1, 0.15) is 94.9 Å². The molecule has 3 heterocycles. The Kier molecular flexibility index (Phi) is 17.5. The van der Waals surface area contributed by atoms with Crippen molar-refractivity contribution in [2.24, 2.45) is 17.8 Å². The van der Waals surface area contributed by atoms with Gasteiger partial charge in [0.25, 0.3) is 0 Å². The summed E-state index contributed by atoms with van der Waals surface area (Å²) in [6.45, 7) is 18.0. The Morgan fingerprint density at radius 3 is 2.18 bits per heavy atom. The van der Waals surface area contributed by atoms with Crippen LogP contribution in [0.15, 0.2) is 18.2 Å². The molecule has 3 aliphatic rings. The molecule has 0 saturated carbocycles. The molecule has 0 spiro atoms. The van der Waals surface area contributed by atoms with Crippen molar-refractivity contribution in [2.45, 2.75) is 185 Å². The van der Waals surface area contributed by atoms with Gasteiger partial charge in [-0.05, 0) is 107 Å². The first-order valence-corrected chi connectivity index (χ1v) is 21.9. The van der Waals surface area contributed by atoms with Crippen LogP contribution >= 0.6 is 0 Å². The number of aliphatic hydroxyl groups is 4. The first-order chi connectivity index (χ1) is 28.3. The van der Waals surface area contributed by atoms with Gasteiger partial charge in [-0.25, -0.2) is 4.39 Å². The van der Waals surface area contributed by atoms with Gasteiger partial charge in [0.05, 0.1) is 54.7 Å². The maximum Gasteiger partial charge on any atom is 0.311 e. The summed E-state index contributed by atoms with van der Waals surface area (Å²) in [6.07, 6.45) is -8.48. The molecular formula is C45H77FN2O13. The van der Waals surface area contributed by atoms with Crippen LogP contribution in [0.2, 0.25) is 0 Å². The molecule has 3 fully saturated rings. The lowest BCUT2D eigenvalue weighted by molar-refractivity contribution is -0.316. The molecule has 0 bridgehead atoms. The zero-order chi connectivity index (χ0) is 45.9. The highest BCUT2D eigenvalue weighted by Gasteiger charge is 2.53. The zero-order valence-corrected chi connectivity index (χ0v) is 39.2. The molecule has 352 valence electrons. The third kappa shape index (κ3) is 11.7. The summed E-state index contributed by atoms with van der Waals surface area (Å²) in [4.78, 5) is 18.4. The van der Waals surface area contributed by atoms with E-state index in [4.69, 9.17) is 37.9 Å². The number of methoxy groups -OCH3 is 2. The molecular weight excluding hydrogens is 795 g/mol. The van der Waals surface area contributed by atoms with E-state index in [-0.39, 0.29) is 48.8 Å². The van der Waals surface area contributed by atoms with Gasteiger partial charge in [-0.1, -0.05) is 20.8 Å². The molecule has 16 heteroatoms. The molecule has 0 amide bonds. The van der Waals surface area contributed by atoms with Crippen molar-refractivity contribution in [3.63, 3.8) is 0 Å². The normalized spacial score (nSPS) is 43.9. The predicted molar refractivity (Wildman–Crippen MR) is 226 cm³/mol. The molecule has 1 aromatic rings. The van der Waals surface area contributed by atoms with Crippen molar-refractivity contribution in [2.75, 3.05) is 41.9 Å². The van der Waals surface area contributed by atoms with E-state index in [0.717, 1.165) is 0 Å². The fourth-order valence-corrected chi connectivity index (χ4v) is 9.73. The molecule has 3 saturated heterocycles. The number of halogens is 1. The lowest BCUT2D eigenvalue weighted by Crippen LogP contribution is -2.61. The van der Waals surface area contributed by atoms with Gasteiger partial charge in [0, 0.05) is 38.1 Å². The molecule has 10 unspecified atom stereocenters. The van der Waals surface area contributed by atoms with Crippen LogP contribution in [-0.2, 0) is 33.2 Å². The average molecular weight is 873 g/mol. The van der Waals surface area contributed by atoms with Crippen LogP contribution in [-0.4, -0.2) is 168 Å². The van der Waals surface area contributed by atoms with E-state index < -0.39 is 102 Å². The van der Waals surface area contributed by atoms with Gasteiger partial charge < -0.3 is 68.1 Å². The second-order valence-electron chi connectivity index (χ2n) is 19.1. The van der Waals surface area contributed by atoms with Crippen molar-refractivity contribution < 1.29 is 67.5 Å². The summed E-state index contributed by atoms with van der Waals surface area (Å²) in [5, 5.41) is 47.4. The number of carbonyl (C=O) groups excluding carboxylic acids is 1. The van der Waals surface area contributed by atoms with Gasteiger partial charge in [0.2, 0.25) is 0 Å². The number of benzene rings is 1. The number of rotatable bonds is 10. The Bertz CT molecular complexity index is 1570. The number of likely N-dealkylation sites (N-methyl/N-ethyl adjacent to an activating group) is 2. The summed E-state index contributed by atoms with van der Waals surface area (Å²) in [5.74, 6) is -3.09. The van der Waals surface area contributed by atoms with Crippen molar-refractivity contribution in [3.05, 3.63) is 24.0 Å². The molecule has 61 heavy (non-hydrogen) atoms. The van der Waals surface area contributed by atoms with Crippen molar-refractivity contribution in [1.29, 1.82) is 0 Å². The average Bonchev–Trinajstić information content (AvgIpc) is 3.18. The molecule has 15 nitrogen and oxygen atoms in total. The number of carbonyl (C=O) groups is 1.